The third kappa shape index (κ3) is 3.31. The Morgan fingerprint density at radius 2 is 1.94 bits per heavy atom. The van der Waals surface area contributed by atoms with Crippen LogP contribution in [0.1, 0.15) is 50.4 Å². The van der Waals surface area contributed by atoms with Gasteiger partial charge < -0.3 is 4.90 Å². The van der Waals surface area contributed by atoms with Crippen LogP contribution in [0.3, 0.4) is 0 Å². The van der Waals surface area contributed by atoms with Gasteiger partial charge >= 0.3 is 0 Å². The average molecular weight is 251 g/mol. The van der Waals surface area contributed by atoms with Gasteiger partial charge in [-0.1, -0.05) is 20.8 Å². The Balaban J connectivity index is 0.000000771. The predicted octanol–water partition coefficient (Wildman–Crippen LogP) is 3.87. The largest absolute Gasteiger partial charge is 0.336 e. The van der Waals surface area contributed by atoms with E-state index in [1.807, 2.05) is 18.7 Å². The molecule has 0 aliphatic carbocycles. The van der Waals surface area contributed by atoms with E-state index in [1.54, 1.807) is 12.1 Å². The molecule has 18 heavy (non-hydrogen) atoms. The first kappa shape index (κ1) is 14.7. The summed E-state index contributed by atoms with van der Waals surface area (Å²) in [5.41, 5.74) is 0.585. The van der Waals surface area contributed by atoms with E-state index in [1.165, 1.54) is 12.1 Å². The second-order valence-corrected chi connectivity index (χ2v) is 4.21. The van der Waals surface area contributed by atoms with E-state index < -0.39 is 0 Å². The summed E-state index contributed by atoms with van der Waals surface area (Å²) in [6, 6.07) is 6.15. The lowest BCUT2D eigenvalue weighted by atomic mass is 10.1. The van der Waals surface area contributed by atoms with Crippen molar-refractivity contribution >= 4 is 5.91 Å². The number of hydrogen-bond donors (Lipinski definition) is 0. The number of halogens is 1. The number of hydrogen-bond acceptors (Lipinski definition) is 1. The molecule has 1 amide bonds. The molecule has 0 N–H and O–H groups in total. The average Bonchev–Trinajstić information content (AvgIpc) is 2.89. The molecule has 1 aromatic carbocycles. The summed E-state index contributed by atoms with van der Waals surface area (Å²) >= 11 is 0. The lowest BCUT2D eigenvalue weighted by molar-refractivity contribution is 0.0733. The zero-order valence-electron chi connectivity index (χ0n) is 11.4. The molecule has 2 rings (SSSR count). The molecule has 0 aromatic heterocycles. The van der Waals surface area contributed by atoms with Crippen LogP contribution in [-0.4, -0.2) is 23.4 Å². The smallest absolute Gasteiger partial charge is 0.254 e. The molecule has 1 unspecified atom stereocenters. The Morgan fingerprint density at radius 1 is 1.33 bits per heavy atom. The summed E-state index contributed by atoms with van der Waals surface area (Å²) in [7, 11) is 0. The van der Waals surface area contributed by atoms with Gasteiger partial charge in [0.25, 0.3) is 5.91 Å². The Morgan fingerprint density at radius 3 is 2.50 bits per heavy atom. The molecular formula is C15H22FNO. The van der Waals surface area contributed by atoms with Gasteiger partial charge in [0.2, 0.25) is 0 Å². The SMILES string of the molecule is CC.CCC1CCCN1C(=O)c1ccc(F)cc1. The molecule has 1 aliphatic heterocycles. The van der Waals surface area contributed by atoms with Crippen molar-refractivity contribution in [3.63, 3.8) is 0 Å². The van der Waals surface area contributed by atoms with E-state index >= 15 is 0 Å². The van der Waals surface area contributed by atoms with Crippen molar-refractivity contribution in [1.82, 2.24) is 4.90 Å². The van der Waals surface area contributed by atoms with Crippen LogP contribution < -0.4 is 0 Å². The van der Waals surface area contributed by atoms with Gasteiger partial charge in [0, 0.05) is 18.2 Å². The van der Waals surface area contributed by atoms with Crippen LogP contribution in [0.25, 0.3) is 0 Å². The van der Waals surface area contributed by atoms with Crippen LogP contribution in [0.5, 0.6) is 0 Å². The summed E-state index contributed by atoms with van der Waals surface area (Å²) in [6.45, 7) is 6.93. The molecule has 3 heteroatoms. The molecule has 1 aliphatic rings. The third-order valence-corrected chi connectivity index (χ3v) is 3.20. The Kier molecular flexibility index (Phi) is 5.83. The lowest BCUT2D eigenvalue weighted by Gasteiger charge is -2.23. The van der Waals surface area contributed by atoms with Crippen molar-refractivity contribution < 1.29 is 9.18 Å². The first-order valence-corrected chi connectivity index (χ1v) is 6.79. The van der Waals surface area contributed by atoms with Crippen molar-refractivity contribution in [2.45, 2.75) is 46.1 Å². The number of carbonyl (C=O) groups is 1. The molecule has 0 bridgehead atoms. The minimum Gasteiger partial charge on any atom is -0.336 e. The summed E-state index contributed by atoms with van der Waals surface area (Å²) in [4.78, 5) is 14.0. The molecule has 0 spiro atoms. The van der Waals surface area contributed by atoms with Crippen molar-refractivity contribution in [1.29, 1.82) is 0 Å². The highest BCUT2D eigenvalue weighted by atomic mass is 19.1. The van der Waals surface area contributed by atoms with Crippen LogP contribution in [0.4, 0.5) is 4.39 Å². The number of carbonyl (C=O) groups excluding carboxylic acids is 1. The topological polar surface area (TPSA) is 20.3 Å². The minimum atomic E-state index is -0.301. The second-order valence-electron chi connectivity index (χ2n) is 4.21. The van der Waals surface area contributed by atoms with E-state index in [0.717, 1.165) is 25.8 Å². The highest BCUT2D eigenvalue weighted by Gasteiger charge is 2.27. The molecular weight excluding hydrogens is 229 g/mol. The zero-order valence-corrected chi connectivity index (χ0v) is 11.4. The lowest BCUT2D eigenvalue weighted by Crippen LogP contribution is -2.35. The normalized spacial score (nSPS) is 18.2. The highest BCUT2D eigenvalue weighted by molar-refractivity contribution is 5.94. The minimum absolute atomic E-state index is 0.0318. The number of rotatable bonds is 2. The van der Waals surface area contributed by atoms with Gasteiger partial charge in [-0.25, -0.2) is 4.39 Å². The number of amides is 1. The summed E-state index contributed by atoms with van der Waals surface area (Å²) < 4.78 is 12.7. The Bertz CT molecular complexity index is 375. The molecule has 1 atom stereocenters. The second kappa shape index (κ2) is 7.14. The van der Waals surface area contributed by atoms with E-state index in [2.05, 4.69) is 6.92 Å². The van der Waals surface area contributed by atoms with Crippen LogP contribution in [0.15, 0.2) is 24.3 Å². The fraction of sp³-hybridized carbons (Fsp3) is 0.533. The van der Waals surface area contributed by atoms with Crippen molar-refractivity contribution in [3.05, 3.63) is 35.6 Å². The van der Waals surface area contributed by atoms with Crippen LogP contribution in [0, 0.1) is 5.82 Å². The zero-order chi connectivity index (χ0) is 13.5. The Hall–Kier alpha value is -1.38. The first-order chi connectivity index (χ1) is 8.72. The third-order valence-electron chi connectivity index (χ3n) is 3.20. The van der Waals surface area contributed by atoms with Crippen LogP contribution >= 0.6 is 0 Å². The molecule has 100 valence electrons. The van der Waals surface area contributed by atoms with Gasteiger partial charge in [0.05, 0.1) is 0 Å². The summed E-state index contributed by atoms with van der Waals surface area (Å²) in [6.07, 6.45) is 3.15. The van der Waals surface area contributed by atoms with Crippen molar-refractivity contribution in [2.24, 2.45) is 0 Å². The standard InChI is InChI=1S/C13H16FNO.C2H6/c1-2-12-4-3-9-15(12)13(16)10-5-7-11(14)8-6-10;1-2/h5-8,12H,2-4,9H2,1H3;1-2H3. The van der Waals surface area contributed by atoms with Gasteiger partial charge in [-0.05, 0) is 43.5 Å². The summed E-state index contributed by atoms with van der Waals surface area (Å²) in [5, 5.41) is 0. The van der Waals surface area contributed by atoms with Gasteiger partial charge in [0.15, 0.2) is 0 Å². The molecule has 2 nitrogen and oxygen atoms in total. The molecule has 0 saturated carbocycles. The maximum absolute atomic E-state index is 12.7. The molecule has 1 saturated heterocycles. The number of likely N-dealkylation sites (tertiary alicyclic amines) is 1. The monoisotopic (exact) mass is 251 g/mol. The first-order valence-electron chi connectivity index (χ1n) is 6.79. The maximum atomic E-state index is 12.7. The van der Waals surface area contributed by atoms with Crippen molar-refractivity contribution in [3.8, 4) is 0 Å². The quantitative estimate of drug-likeness (QED) is 0.781. The van der Waals surface area contributed by atoms with Gasteiger partial charge in [0.1, 0.15) is 5.82 Å². The number of benzene rings is 1. The van der Waals surface area contributed by atoms with Gasteiger partial charge in [-0.3, -0.25) is 4.79 Å². The fourth-order valence-electron chi connectivity index (χ4n) is 2.29. The van der Waals surface area contributed by atoms with Gasteiger partial charge in [-0.15, -0.1) is 0 Å². The van der Waals surface area contributed by atoms with Crippen molar-refractivity contribution in [2.75, 3.05) is 6.54 Å². The molecule has 1 heterocycles. The van der Waals surface area contributed by atoms with E-state index in [-0.39, 0.29) is 11.7 Å². The van der Waals surface area contributed by atoms with E-state index in [0.29, 0.717) is 11.6 Å². The molecule has 1 aromatic rings. The number of nitrogens with zero attached hydrogens (tertiary/aromatic N) is 1. The molecule has 1 fully saturated rings. The highest BCUT2D eigenvalue weighted by Crippen LogP contribution is 2.22. The van der Waals surface area contributed by atoms with Crippen LogP contribution in [-0.2, 0) is 0 Å². The van der Waals surface area contributed by atoms with E-state index in [9.17, 15) is 9.18 Å². The molecule has 0 radical (unpaired) electrons. The van der Waals surface area contributed by atoms with Crippen LogP contribution in [0.2, 0.25) is 0 Å². The maximum Gasteiger partial charge on any atom is 0.254 e. The Labute approximate surface area is 109 Å². The van der Waals surface area contributed by atoms with E-state index in [4.69, 9.17) is 0 Å². The van der Waals surface area contributed by atoms with Gasteiger partial charge in [-0.2, -0.15) is 0 Å². The predicted molar refractivity (Wildman–Crippen MR) is 72.1 cm³/mol. The fourth-order valence-corrected chi connectivity index (χ4v) is 2.29. The summed E-state index contributed by atoms with van der Waals surface area (Å²) in [5.74, 6) is -0.269.